The molecule has 0 radical (unpaired) electrons. The van der Waals surface area contributed by atoms with Gasteiger partial charge in [0.15, 0.2) is 0 Å². The Bertz CT molecular complexity index is 553. The lowest BCUT2D eigenvalue weighted by atomic mass is 9.86. The maximum atomic E-state index is 12.6. The summed E-state index contributed by atoms with van der Waals surface area (Å²) < 4.78 is 0. The number of benzene rings is 1. The zero-order valence-corrected chi connectivity index (χ0v) is 15.3. The first kappa shape index (κ1) is 19.3. The molecule has 1 saturated carbocycles. The number of nitrogens with zero attached hydrogens (tertiary/aromatic N) is 1. The quantitative estimate of drug-likeness (QED) is 0.788. The van der Waals surface area contributed by atoms with E-state index >= 15 is 0 Å². The van der Waals surface area contributed by atoms with Crippen molar-refractivity contribution in [3.8, 4) is 0 Å². The molecule has 5 nitrogen and oxygen atoms in total. The Morgan fingerprint density at radius 2 is 1.80 bits per heavy atom. The first-order valence-corrected chi connectivity index (χ1v) is 9.38. The number of carbonyl (C=O) groups is 2. The van der Waals surface area contributed by atoms with Crippen molar-refractivity contribution in [2.45, 2.75) is 57.9 Å². The third kappa shape index (κ3) is 5.48. The largest absolute Gasteiger partial charge is 0.481 e. The molecule has 1 unspecified atom stereocenters. The van der Waals surface area contributed by atoms with Gasteiger partial charge < -0.3 is 15.3 Å². The number of hydrogen-bond donors (Lipinski definition) is 2. The molecular weight excluding hydrogens is 316 g/mol. The number of aliphatic carboxylic acids is 1. The van der Waals surface area contributed by atoms with E-state index in [1.807, 2.05) is 30.0 Å². The molecule has 1 aliphatic carbocycles. The van der Waals surface area contributed by atoms with Crippen molar-refractivity contribution in [2.75, 3.05) is 13.1 Å². The van der Waals surface area contributed by atoms with Crippen LogP contribution in [-0.2, 0) is 4.79 Å². The van der Waals surface area contributed by atoms with Gasteiger partial charge in [-0.05, 0) is 44.6 Å². The second kappa shape index (κ2) is 9.44. The van der Waals surface area contributed by atoms with Crippen molar-refractivity contribution in [2.24, 2.45) is 5.92 Å². The summed E-state index contributed by atoms with van der Waals surface area (Å²) in [5.74, 6) is -0.638. The lowest BCUT2D eigenvalue weighted by molar-refractivity contribution is -0.142. The highest BCUT2D eigenvalue weighted by Gasteiger charge is 2.28. The summed E-state index contributed by atoms with van der Waals surface area (Å²) in [6, 6.07) is 10.4. The van der Waals surface area contributed by atoms with Gasteiger partial charge in [-0.25, -0.2) is 4.79 Å². The molecule has 1 atom stereocenters. The molecule has 0 saturated heterocycles. The van der Waals surface area contributed by atoms with E-state index in [1.165, 1.54) is 5.56 Å². The minimum atomic E-state index is -0.714. The Balaban J connectivity index is 1.89. The van der Waals surface area contributed by atoms with Gasteiger partial charge in [0.05, 0.1) is 5.92 Å². The zero-order valence-electron chi connectivity index (χ0n) is 15.3. The monoisotopic (exact) mass is 346 g/mol. The van der Waals surface area contributed by atoms with E-state index in [0.717, 1.165) is 19.3 Å². The SMILES string of the molecule is CCC(CN(CC)C(=O)NC1CCC(C(=O)O)CC1)c1ccccc1. The Morgan fingerprint density at radius 1 is 1.16 bits per heavy atom. The van der Waals surface area contributed by atoms with Crippen LogP contribution in [0.5, 0.6) is 0 Å². The van der Waals surface area contributed by atoms with E-state index in [1.54, 1.807) is 0 Å². The van der Waals surface area contributed by atoms with Crippen molar-refractivity contribution < 1.29 is 14.7 Å². The van der Waals surface area contributed by atoms with Gasteiger partial charge in [-0.15, -0.1) is 0 Å². The number of hydrogen-bond acceptors (Lipinski definition) is 2. The van der Waals surface area contributed by atoms with Crippen LogP contribution in [-0.4, -0.2) is 41.1 Å². The van der Waals surface area contributed by atoms with Crippen molar-refractivity contribution in [1.29, 1.82) is 0 Å². The zero-order chi connectivity index (χ0) is 18.2. The summed E-state index contributed by atoms with van der Waals surface area (Å²) in [4.78, 5) is 25.5. The summed E-state index contributed by atoms with van der Waals surface area (Å²) >= 11 is 0. The standard InChI is InChI=1S/C20H30N2O3/c1-3-15(16-8-6-5-7-9-16)14-22(4-2)20(25)21-18-12-10-17(11-13-18)19(23)24/h5-9,15,17-18H,3-4,10-14H2,1-2H3,(H,21,25)(H,23,24). The number of amides is 2. The average molecular weight is 346 g/mol. The molecule has 1 fully saturated rings. The van der Waals surface area contributed by atoms with Gasteiger partial charge in [-0.2, -0.15) is 0 Å². The molecule has 0 aromatic heterocycles. The molecule has 25 heavy (non-hydrogen) atoms. The van der Waals surface area contributed by atoms with Gasteiger partial charge >= 0.3 is 12.0 Å². The van der Waals surface area contributed by atoms with E-state index in [4.69, 9.17) is 5.11 Å². The predicted molar refractivity (Wildman–Crippen MR) is 98.6 cm³/mol. The molecule has 1 aromatic rings. The maximum Gasteiger partial charge on any atom is 0.317 e. The van der Waals surface area contributed by atoms with Crippen molar-refractivity contribution in [3.63, 3.8) is 0 Å². The van der Waals surface area contributed by atoms with Gasteiger partial charge in [-0.3, -0.25) is 4.79 Å². The fourth-order valence-corrected chi connectivity index (χ4v) is 3.57. The predicted octanol–water partition coefficient (Wildman–Crippen LogP) is 3.86. The number of carbonyl (C=O) groups excluding carboxylic acids is 1. The summed E-state index contributed by atoms with van der Waals surface area (Å²) in [5, 5.41) is 12.2. The highest BCUT2D eigenvalue weighted by Crippen LogP contribution is 2.25. The number of carboxylic acid groups (broad SMARTS) is 1. The summed E-state index contributed by atoms with van der Waals surface area (Å²) in [6.45, 7) is 5.52. The highest BCUT2D eigenvalue weighted by molar-refractivity contribution is 5.74. The number of rotatable bonds is 7. The van der Waals surface area contributed by atoms with Gasteiger partial charge in [0.1, 0.15) is 0 Å². The smallest absolute Gasteiger partial charge is 0.317 e. The van der Waals surface area contributed by atoms with Gasteiger partial charge in [0.25, 0.3) is 0 Å². The Kier molecular flexibility index (Phi) is 7.29. The van der Waals surface area contributed by atoms with E-state index in [-0.39, 0.29) is 18.0 Å². The Labute approximate surface area is 150 Å². The molecule has 0 heterocycles. The fourth-order valence-electron chi connectivity index (χ4n) is 3.57. The van der Waals surface area contributed by atoms with E-state index < -0.39 is 5.97 Å². The molecule has 0 spiro atoms. The van der Waals surface area contributed by atoms with Gasteiger partial charge in [0.2, 0.25) is 0 Å². The molecule has 2 rings (SSSR count). The van der Waals surface area contributed by atoms with E-state index in [0.29, 0.717) is 31.8 Å². The molecule has 2 amide bonds. The lowest BCUT2D eigenvalue weighted by Crippen LogP contribution is -2.47. The summed E-state index contributed by atoms with van der Waals surface area (Å²) in [7, 11) is 0. The van der Waals surface area contributed by atoms with Gasteiger partial charge in [-0.1, -0.05) is 37.3 Å². The third-order valence-electron chi connectivity index (χ3n) is 5.28. The van der Waals surface area contributed by atoms with Gasteiger partial charge in [0, 0.05) is 25.0 Å². The van der Waals surface area contributed by atoms with E-state index in [2.05, 4.69) is 24.4 Å². The van der Waals surface area contributed by atoms with Crippen LogP contribution in [0.1, 0.15) is 57.4 Å². The van der Waals surface area contributed by atoms with Crippen LogP contribution in [0.2, 0.25) is 0 Å². The lowest BCUT2D eigenvalue weighted by Gasteiger charge is -2.31. The molecule has 2 N–H and O–H groups in total. The molecule has 1 aromatic carbocycles. The van der Waals surface area contributed by atoms with Crippen molar-refractivity contribution in [1.82, 2.24) is 10.2 Å². The molecule has 1 aliphatic rings. The van der Waals surface area contributed by atoms with Crippen LogP contribution in [0, 0.1) is 5.92 Å². The van der Waals surface area contributed by atoms with Crippen LogP contribution in [0.4, 0.5) is 4.79 Å². The summed E-state index contributed by atoms with van der Waals surface area (Å²) in [5.41, 5.74) is 1.26. The Morgan fingerprint density at radius 3 is 2.32 bits per heavy atom. The van der Waals surface area contributed by atoms with E-state index in [9.17, 15) is 9.59 Å². The summed E-state index contributed by atoms with van der Waals surface area (Å²) in [6.07, 6.45) is 3.77. The van der Waals surface area contributed by atoms with Crippen LogP contribution in [0.15, 0.2) is 30.3 Å². The van der Waals surface area contributed by atoms with Crippen LogP contribution in [0.25, 0.3) is 0 Å². The third-order valence-corrected chi connectivity index (χ3v) is 5.28. The number of likely N-dealkylation sites (N-methyl/N-ethyl adjacent to an activating group) is 1. The minimum Gasteiger partial charge on any atom is -0.481 e. The molecule has 0 bridgehead atoms. The molecule has 0 aliphatic heterocycles. The van der Waals surface area contributed by atoms with Crippen LogP contribution < -0.4 is 5.32 Å². The molecule has 138 valence electrons. The second-order valence-electron chi connectivity index (χ2n) is 6.89. The van der Waals surface area contributed by atoms with Crippen molar-refractivity contribution in [3.05, 3.63) is 35.9 Å². The molecular formula is C20H30N2O3. The Hall–Kier alpha value is -2.04. The highest BCUT2D eigenvalue weighted by atomic mass is 16.4. The maximum absolute atomic E-state index is 12.6. The van der Waals surface area contributed by atoms with Crippen molar-refractivity contribution >= 4 is 12.0 Å². The number of carboxylic acids is 1. The van der Waals surface area contributed by atoms with Crippen LogP contribution >= 0.6 is 0 Å². The molecule has 5 heteroatoms. The average Bonchev–Trinajstić information content (AvgIpc) is 2.63. The number of nitrogens with one attached hydrogen (secondary N) is 1. The normalized spacial score (nSPS) is 21.4. The topological polar surface area (TPSA) is 69.6 Å². The second-order valence-corrected chi connectivity index (χ2v) is 6.89. The first-order valence-electron chi connectivity index (χ1n) is 9.38. The minimum absolute atomic E-state index is 0.0318. The fraction of sp³-hybridized carbons (Fsp3) is 0.600. The number of urea groups is 1. The first-order chi connectivity index (χ1) is 12.0. The van der Waals surface area contributed by atoms with Crippen LogP contribution in [0.3, 0.4) is 0 Å².